The summed E-state index contributed by atoms with van der Waals surface area (Å²) in [6.07, 6.45) is 0. The Morgan fingerprint density at radius 1 is 1.39 bits per heavy atom. The number of benzene rings is 1. The van der Waals surface area contributed by atoms with Crippen LogP contribution in [0.2, 0.25) is 0 Å². The van der Waals surface area contributed by atoms with Crippen LogP contribution in [0.25, 0.3) is 11.3 Å². The van der Waals surface area contributed by atoms with E-state index in [4.69, 9.17) is 10.5 Å². The molecule has 0 atom stereocenters. The first-order chi connectivity index (χ1) is 8.65. The highest BCUT2D eigenvalue weighted by atomic mass is 16.5. The Balaban J connectivity index is 2.46. The van der Waals surface area contributed by atoms with Gasteiger partial charge in [-0.25, -0.2) is 9.78 Å². The number of rotatable bonds is 3. The molecule has 0 unspecified atom stereocenters. The summed E-state index contributed by atoms with van der Waals surface area (Å²) < 4.78 is 6.48. The summed E-state index contributed by atoms with van der Waals surface area (Å²) in [6, 6.07) is 9.50. The molecule has 5 nitrogen and oxygen atoms in total. The number of esters is 1. The second-order valence-electron chi connectivity index (χ2n) is 3.81. The topological polar surface area (TPSA) is 70.1 Å². The van der Waals surface area contributed by atoms with Gasteiger partial charge in [-0.05, 0) is 6.92 Å². The lowest BCUT2D eigenvalue weighted by molar-refractivity contribution is 0.0508. The fraction of sp³-hybridized carbons (Fsp3) is 0.231. The highest BCUT2D eigenvalue weighted by Crippen LogP contribution is 2.25. The van der Waals surface area contributed by atoms with E-state index in [2.05, 4.69) is 4.98 Å². The number of aromatic nitrogens is 2. The molecular formula is C13H15N3O2. The third kappa shape index (κ3) is 2.07. The molecule has 0 fully saturated rings. The second-order valence-corrected chi connectivity index (χ2v) is 3.81. The van der Waals surface area contributed by atoms with Crippen molar-refractivity contribution in [1.29, 1.82) is 0 Å². The third-order valence-corrected chi connectivity index (χ3v) is 2.64. The van der Waals surface area contributed by atoms with Crippen molar-refractivity contribution < 1.29 is 9.53 Å². The minimum Gasteiger partial charge on any atom is -0.460 e. The van der Waals surface area contributed by atoms with Crippen LogP contribution in [-0.2, 0) is 11.8 Å². The lowest BCUT2D eigenvalue weighted by Gasteiger charge is -2.01. The molecule has 2 rings (SSSR count). The van der Waals surface area contributed by atoms with Gasteiger partial charge < -0.3 is 15.0 Å². The summed E-state index contributed by atoms with van der Waals surface area (Å²) in [6.45, 7) is 2.06. The standard InChI is InChI=1S/C13H15N3O2/c1-3-18-13(17)12-15-10(11(14)16(12)2)9-7-5-4-6-8-9/h4-8H,3,14H2,1-2H3. The fourth-order valence-electron chi connectivity index (χ4n) is 1.70. The Morgan fingerprint density at radius 3 is 2.67 bits per heavy atom. The molecule has 2 aromatic rings. The summed E-state index contributed by atoms with van der Waals surface area (Å²) in [5.41, 5.74) is 7.44. The predicted octanol–water partition coefficient (Wildman–Crippen LogP) is 1.85. The molecule has 2 N–H and O–H groups in total. The van der Waals surface area contributed by atoms with Crippen molar-refractivity contribution in [3.05, 3.63) is 36.2 Å². The van der Waals surface area contributed by atoms with Gasteiger partial charge in [0.15, 0.2) is 0 Å². The Labute approximate surface area is 105 Å². The number of hydrogen-bond acceptors (Lipinski definition) is 4. The molecule has 1 heterocycles. The SMILES string of the molecule is CCOC(=O)c1nc(-c2ccccc2)c(N)n1C. The number of anilines is 1. The smallest absolute Gasteiger partial charge is 0.374 e. The lowest BCUT2D eigenvalue weighted by atomic mass is 10.1. The van der Waals surface area contributed by atoms with Crippen molar-refractivity contribution in [1.82, 2.24) is 9.55 Å². The molecule has 0 bridgehead atoms. The molecule has 0 aliphatic rings. The summed E-state index contributed by atoms with van der Waals surface area (Å²) in [7, 11) is 1.70. The van der Waals surface area contributed by atoms with Crippen LogP contribution in [0.4, 0.5) is 5.82 Å². The highest BCUT2D eigenvalue weighted by molar-refractivity contribution is 5.88. The van der Waals surface area contributed by atoms with E-state index in [-0.39, 0.29) is 5.82 Å². The number of hydrogen-bond donors (Lipinski definition) is 1. The molecule has 0 aliphatic heterocycles. The molecule has 18 heavy (non-hydrogen) atoms. The highest BCUT2D eigenvalue weighted by Gasteiger charge is 2.19. The van der Waals surface area contributed by atoms with Crippen LogP contribution in [0.15, 0.2) is 30.3 Å². The Kier molecular flexibility index (Phi) is 3.32. The first-order valence-electron chi connectivity index (χ1n) is 5.70. The zero-order valence-corrected chi connectivity index (χ0v) is 10.4. The van der Waals surface area contributed by atoms with Crippen LogP contribution in [-0.4, -0.2) is 22.1 Å². The van der Waals surface area contributed by atoms with Gasteiger partial charge in [-0.1, -0.05) is 30.3 Å². The molecule has 1 aromatic heterocycles. The summed E-state index contributed by atoms with van der Waals surface area (Å²) >= 11 is 0. The van der Waals surface area contributed by atoms with E-state index < -0.39 is 5.97 Å². The minimum atomic E-state index is -0.464. The number of ether oxygens (including phenoxy) is 1. The third-order valence-electron chi connectivity index (χ3n) is 2.64. The largest absolute Gasteiger partial charge is 0.460 e. The summed E-state index contributed by atoms with van der Waals surface area (Å²) in [4.78, 5) is 16.0. The van der Waals surface area contributed by atoms with Gasteiger partial charge in [0.05, 0.1) is 6.61 Å². The van der Waals surface area contributed by atoms with Gasteiger partial charge in [0, 0.05) is 12.6 Å². The molecule has 94 valence electrons. The Bertz CT molecular complexity index is 561. The lowest BCUT2D eigenvalue weighted by Crippen LogP contribution is -2.12. The predicted molar refractivity (Wildman–Crippen MR) is 69.0 cm³/mol. The number of carbonyl (C=O) groups excluding carboxylic acids is 1. The van der Waals surface area contributed by atoms with Crippen molar-refractivity contribution >= 4 is 11.8 Å². The van der Waals surface area contributed by atoms with Gasteiger partial charge in [0.25, 0.3) is 0 Å². The van der Waals surface area contributed by atoms with E-state index in [1.807, 2.05) is 30.3 Å². The van der Waals surface area contributed by atoms with Crippen molar-refractivity contribution in [2.75, 3.05) is 12.3 Å². The molecule has 0 amide bonds. The molecule has 0 saturated carbocycles. The molecule has 0 saturated heterocycles. The molecule has 1 aromatic carbocycles. The first kappa shape index (κ1) is 12.2. The maximum atomic E-state index is 11.7. The maximum absolute atomic E-state index is 11.7. The zero-order valence-electron chi connectivity index (χ0n) is 10.4. The average molecular weight is 245 g/mol. The maximum Gasteiger partial charge on any atom is 0.374 e. The van der Waals surface area contributed by atoms with Crippen LogP contribution >= 0.6 is 0 Å². The van der Waals surface area contributed by atoms with E-state index in [0.29, 0.717) is 18.1 Å². The van der Waals surface area contributed by atoms with Gasteiger partial charge in [0.1, 0.15) is 11.5 Å². The number of imidazole rings is 1. The van der Waals surface area contributed by atoms with Crippen molar-refractivity contribution in [3.63, 3.8) is 0 Å². The normalized spacial score (nSPS) is 10.3. The molecule has 0 spiro atoms. The van der Waals surface area contributed by atoms with Gasteiger partial charge >= 0.3 is 5.97 Å². The van der Waals surface area contributed by atoms with Crippen molar-refractivity contribution in [2.45, 2.75) is 6.92 Å². The van der Waals surface area contributed by atoms with Crippen LogP contribution in [0.5, 0.6) is 0 Å². The van der Waals surface area contributed by atoms with Gasteiger partial charge in [-0.15, -0.1) is 0 Å². The van der Waals surface area contributed by atoms with E-state index in [1.165, 1.54) is 0 Å². The Hall–Kier alpha value is -2.30. The zero-order chi connectivity index (χ0) is 13.1. The molecule has 0 aliphatic carbocycles. The number of nitrogen functional groups attached to an aromatic ring is 1. The van der Waals surface area contributed by atoms with Crippen LogP contribution in [0, 0.1) is 0 Å². The average Bonchev–Trinajstić information content (AvgIpc) is 2.68. The van der Waals surface area contributed by atoms with Crippen LogP contribution in [0.1, 0.15) is 17.5 Å². The molecule has 0 radical (unpaired) electrons. The summed E-state index contributed by atoms with van der Waals surface area (Å²) in [5.74, 6) is 0.200. The van der Waals surface area contributed by atoms with E-state index in [1.54, 1.807) is 18.5 Å². The fourth-order valence-corrected chi connectivity index (χ4v) is 1.70. The van der Waals surface area contributed by atoms with E-state index in [9.17, 15) is 4.79 Å². The van der Waals surface area contributed by atoms with Crippen LogP contribution in [0.3, 0.4) is 0 Å². The Morgan fingerprint density at radius 2 is 2.06 bits per heavy atom. The molecular weight excluding hydrogens is 230 g/mol. The first-order valence-corrected chi connectivity index (χ1v) is 5.70. The quantitative estimate of drug-likeness (QED) is 0.838. The molecule has 5 heteroatoms. The number of nitrogens with two attached hydrogens (primary N) is 1. The van der Waals surface area contributed by atoms with Gasteiger partial charge in [0.2, 0.25) is 5.82 Å². The number of carbonyl (C=O) groups is 1. The van der Waals surface area contributed by atoms with Gasteiger partial charge in [-0.2, -0.15) is 0 Å². The summed E-state index contributed by atoms with van der Waals surface area (Å²) in [5, 5.41) is 0. The van der Waals surface area contributed by atoms with Crippen molar-refractivity contribution in [3.8, 4) is 11.3 Å². The second kappa shape index (κ2) is 4.91. The monoisotopic (exact) mass is 245 g/mol. The number of nitrogens with zero attached hydrogens (tertiary/aromatic N) is 2. The van der Waals surface area contributed by atoms with Gasteiger partial charge in [-0.3, -0.25) is 0 Å². The van der Waals surface area contributed by atoms with Crippen molar-refractivity contribution in [2.24, 2.45) is 7.05 Å². The minimum absolute atomic E-state index is 0.216. The van der Waals surface area contributed by atoms with Crippen LogP contribution < -0.4 is 5.73 Å². The van der Waals surface area contributed by atoms with E-state index >= 15 is 0 Å². The van der Waals surface area contributed by atoms with E-state index in [0.717, 1.165) is 5.56 Å².